The molecule has 0 aliphatic heterocycles. The van der Waals surface area contributed by atoms with Gasteiger partial charge in [-0.15, -0.1) is 0 Å². The van der Waals surface area contributed by atoms with Crippen LogP contribution in [0.3, 0.4) is 0 Å². The van der Waals surface area contributed by atoms with E-state index in [2.05, 4.69) is 41.9 Å². The fourth-order valence-electron chi connectivity index (χ4n) is 2.20. The van der Waals surface area contributed by atoms with Crippen molar-refractivity contribution in [1.29, 1.82) is 0 Å². The molecule has 2 aromatic carbocycles. The molecule has 2 unspecified atom stereocenters. The van der Waals surface area contributed by atoms with E-state index >= 15 is 0 Å². The summed E-state index contributed by atoms with van der Waals surface area (Å²) in [5.74, 6) is 2.21. The van der Waals surface area contributed by atoms with Crippen LogP contribution in [0.4, 0.5) is 0 Å². The van der Waals surface area contributed by atoms with Gasteiger partial charge in [0.1, 0.15) is 11.5 Å². The van der Waals surface area contributed by atoms with Gasteiger partial charge in [0.2, 0.25) is 0 Å². The minimum Gasteiger partial charge on any atom is -0.457 e. The van der Waals surface area contributed by atoms with Crippen LogP contribution in [-0.4, -0.2) is 0 Å². The number of halogens is 1. The van der Waals surface area contributed by atoms with Crippen LogP contribution in [0, 0.1) is 0 Å². The van der Waals surface area contributed by atoms with E-state index in [-0.39, 0.29) is 6.04 Å². The lowest BCUT2D eigenvalue weighted by Gasteiger charge is -2.15. The maximum atomic E-state index is 6.01. The standard InChI is InChI=1S/C18H22BrNO/c1-4-12(2)14-5-8-16(9-6-14)21-18-11-15(19)7-10-17(18)13(3)20/h5-13H,4,20H2,1-3H3. The molecule has 0 spiro atoms. The van der Waals surface area contributed by atoms with Crippen molar-refractivity contribution < 1.29 is 4.74 Å². The van der Waals surface area contributed by atoms with E-state index in [1.54, 1.807) is 0 Å². The minimum atomic E-state index is -0.0625. The summed E-state index contributed by atoms with van der Waals surface area (Å²) in [6.45, 7) is 6.39. The van der Waals surface area contributed by atoms with Gasteiger partial charge in [-0.25, -0.2) is 0 Å². The summed E-state index contributed by atoms with van der Waals surface area (Å²) < 4.78 is 6.99. The molecule has 2 rings (SSSR count). The zero-order valence-electron chi connectivity index (χ0n) is 12.8. The van der Waals surface area contributed by atoms with Crippen LogP contribution in [0.1, 0.15) is 50.3 Å². The first-order valence-corrected chi connectivity index (χ1v) is 8.13. The Hall–Kier alpha value is -1.32. The summed E-state index contributed by atoms with van der Waals surface area (Å²) in [5.41, 5.74) is 8.35. The molecule has 0 saturated carbocycles. The molecule has 2 aromatic rings. The lowest BCUT2D eigenvalue weighted by molar-refractivity contribution is 0.471. The zero-order chi connectivity index (χ0) is 15.4. The smallest absolute Gasteiger partial charge is 0.133 e. The third-order valence-corrected chi connectivity index (χ3v) is 4.25. The predicted molar refractivity (Wildman–Crippen MR) is 92.0 cm³/mol. The van der Waals surface area contributed by atoms with Crippen LogP contribution >= 0.6 is 15.9 Å². The van der Waals surface area contributed by atoms with E-state index < -0.39 is 0 Å². The number of nitrogens with two attached hydrogens (primary N) is 1. The van der Waals surface area contributed by atoms with Crippen molar-refractivity contribution in [2.24, 2.45) is 5.73 Å². The summed E-state index contributed by atoms with van der Waals surface area (Å²) in [5, 5.41) is 0. The highest BCUT2D eigenvalue weighted by molar-refractivity contribution is 9.10. The van der Waals surface area contributed by atoms with Crippen LogP contribution in [0.15, 0.2) is 46.9 Å². The summed E-state index contributed by atoms with van der Waals surface area (Å²) in [6, 6.07) is 14.2. The third kappa shape index (κ3) is 4.08. The topological polar surface area (TPSA) is 35.2 Å². The molecule has 0 saturated heterocycles. The molecule has 2 atom stereocenters. The molecule has 0 fully saturated rings. The SMILES string of the molecule is CCC(C)c1ccc(Oc2cc(Br)ccc2C(C)N)cc1. The van der Waals surface area contributed by atoms with Gasteiger partial charge >= 0.3 is 0 Å². The highest BCUT2D eigenvalue weighted by Crippen LogP contribution is 2.32. The van der Waals surface area contributed by atoms with E-state index in [0.717, 1.165) is 28.0 Å². The van der Waals surface area contributed by atoms with E-state index in [1.165, 1.54) is 5.56 Å². The molecule has 0 radical (unpaired) electrons. The van der Waals surface area contributed by atoms with E-state index in [0.29, 0.717) is 5.92 Å². The lowest BCUT2D eigenvalue weighted by atomic mass is 9.99. The van der Waals surface area contributed by atoms with Crippen molar-refractivity contribution in [2.75, 3.05) is 0 Å². The molecule has 0 bridgehead atoms. The first kappa shape index (κ1) is 16.1. The minimum absolute atomic E-state index is 0.0625. The lowest BCUT2D eigenvalue weighted by Crippen LogP contribution is -2.06. The Morgan fingerprint density at radius 3 is 2.33 bits per heavy atom. The number of rotatable bonds is 5. The number of hydrogen-bond donors (Lipinski definition) is 1. The quantitative estimate of drug-likeness (QED) is 0.744. The second-order valence-electron chi connectivity index (χ2n) is 5.45. The molecule has 0 aliphatic rings. The molecule has 2 nitrogen and oxygen atoms in total. The molecular formula is C18H22BrNO. The van der Waals surface area contributed by atoms with Crippen molar-refractivity contribution in [3.63, 3.8) is 0 Å². The first-order valence-electron chi connectivity index (χ1n) is 7.34. The fraction of sp³-hybridized carbons (Fsp3) is 0.333. The van der Waals surface area contributed by atoms with Gasteiger partial charge in [0.15, 0.2) is 0 Å². The number of benzene rings is 2. The van der Waals surface area contributed by atoms with E-state index in [9.17, 15) is 0 Å². The highest BCUT2D eigenvalue weighted by Gasteiger charge is 2.10. The molecule has 0 heterocycles. The van der Waals surface area contributed by atoms with Gasteiger partial charge in [-0.2, -0.15) is 0 Å². The van der Waals surface area contributed by atoms with Crippen molar-refractivity contribution in [1.82, 2.24) is 0 Å². The third-order valence-electron chi connectivity index (χ3n) is 3.76. The molecule has 21 heavy (non-hydrogen) atoms. The Kier molecular flexibility index (Phi) is 5.43. The van der Waals surface area contributed by atoms with E-state index in [1.807, 2.05) is 37.3 Å². The van der Waals surface area contributed by atoms with Crippen molar-refractivity contribution in [2.45, 2.75) is 39.2 Å². The number of ether oxygens (including phenoxy) is 1. The number of hydrogen-bond acceptors (Lipinski definition) is 2. The zero-order valence-corrected chi connectivity index (χ0v) is 14.4. The Morgan fingerprint density at radius 2 is 1.76 bits per heavy atom. The highest BCUT2D eigenvalue weighted by atomic mass is 79.9. The fourth-order valence-corrected chi connectivity index (χ4v) is 2.54. The monoisotopic (exact) mass is 347 g/mol. The largest absolute Gasteiger partial charge is 0.457 e. The molecule has 112 valence electrons. The predicted octanol–water partition coefficient (Wildman–Crippen LogP) is 5.77. The summed E-state index contributed by atoms with van der Waals surface area (Å²) >= 11 is 3.48. The van der Waals surface area contributed by atoms with Gasteiger partial charge in [-0.1, -0.05) is 48.0 Å². The molecule has 0 aliphatic carbocycles. The molecule has 0 amide bonds. The summed E-state index contributed by atoms with van der Waals surface area (Å²) in [6.07, 6.45) is 1.14. The molecule has 2 N–H and O–H groups in total. The summed E-state index contributed by atoms with van der Waals surface area (Å²) in [4.78, 5) is 0. The molecule has 0 aromatic heterocycles. The van der Waals surface area contributed by atoms with Crippen LogP contribution < -0.4 is 10.5 Å². The van der Waals surface area contributed by atoms with Crippen LogP contribution in [0.5, 0.6) is 11.5 Å². The maximum absolute atomic E-state index is 6.01. The van der Waals surface area contributed by atoms with Crippen LogP contribution in [-0.2, 0) is 0 Å². The van der Waals surface area contributed by atoms with Gasteiger partial charge in [0.05, 0.1) is 0 Å². The Morgan fingerprint density at radius 1 is 1.10 bits per heavy atom. The van der Waals surface area contributed by atoms with Gasteiger partial charge in [-0.3, -0.25) is 0 Å². The van der Waals surface area contributed by atoms with Crippen LogP contribution in [0.25, 0.3) is 0 Å². The molecule has 3 heteroatoms. The average molecular weight is 348 g/mol. The second kappa shape index (κ2) is 7.10. The van der Waals surface area contributed by atoms with Gasteiger partial charge < -0.3 is 10.5 Å². The van der Waals surface area contributed by atoms with E-state index in [4.69, 9.17) is 10.5 Å². The average Bonchev–Trinajstić information content (AvgIpc) is 2.47. The molecular weight excluding hydrogens is 326 g/mol. The maximum Gasteiger partial charge on any atom is 0.133 e. The Bertz CT molecular complexity index is 593. The Labute approximate surface area is 135 Å². The van der Waals surface area contributed by atoms with Gasteiger partial charge in [0, 0.05) is 16.1 Å². The Balaban J connectivity index is 2.24. The normalized spacial score (nSPS) is 13.8. The van der Waals surface area contributed by atoms with Crippen LogP contribution in [0.2, 0.25) is 0 Å². The second-order valence-corrected chi connectivity index (χ2v) is 6.37. The van der Waals surface area contributed by atoms with Crippen molar-refractivity contribution in [3.8, 4) is 11.5 Å². The van der Waals surface area contributed by atoms with Crippen molar-refractivity contribution >= 4 is 15.9 Å². The van der Waals surface area contributed by atoms with Crippen molar-refractivity contribution in [3.05, 3.63) is 58.1 Å². The summed E-state index contributed by atoms with van der Waals surface area (Å²) in [7, 11) is 0. The first-order chi connectivity index (χ1) is 10.0. The van der Waals surface area contributed by atoms with Gasteiger partial charge in [-0.05, 0) is 49.1 Å². The van der Waals surface area contributed by atoms with Gasteiger partial charge in [0.25, 0.3) is 0 Å².